The predicted octanol–water partition coefficient (Wildman–Crippen LogP) is 1.69. The fraction of sp³-hybridized carbons (Fsp3) is 1.00. The fourth-order valence-electron chi connectivity index (χ4n) is 3.65. The molecule has 1 N–H and O–H groups in total. The van der Waals surface area contributed by atoms with Crippen molar-refractivity contribution in [1.29, 1.82) is 0 Å². The lowest BCUT2D eigenvalue weighted by Gasteiger charge is -2.36. The van der Waals surface area contributed by atoms with Crippen LogP contribution in [0.15, 0.2) is 0 Å². The Hall–Kier alpha value is -0.120. The van der Waals surface area contributed by atoms with E-state index in [-0.39, 0.29) is 0 Å². The smallest absolute Gasteiger partial charge is 0.0235 e. The molecule has 3 fully saturated rings. The van der Waals surface area contributed by atoms with E-state index in [0.29, 0.717) is 0 Å². The topological polar surface area (TPSA) is 18.5 Å². The van der Waals surface area contributed by atoms with Crippen molar-refractivity contribution < 1.29 is 0 Å². The number of hydrogen-bond acceptors (Lipinski definition) is 3. The van der Waals surface area contributed by atoms with E-state index >= 15 is 0 Å². The van der Waals surface area contributed by atoms with Gasteiger partial charge >= 0.3 is 0 Å². The molecule has 0 aromatic rings. The summed E-state index contributed by atoms with van der Waals surface area (Å²) in [6, 6.07) is 2.64. The molecule has 1 saturated carbocycles. The molecule has 2 saturated heterocycles. The summed E-state index contributed by atoms with van der Waals surface area (Å²) in [5.41, 5.74) is 0. The van der Waals surface area contributed by atoms with Gasteiger partial charge in [0.15, 0.2) is 0 Å². The Morgan fingerprint density at radius 2 is 1.61 bits per heavy atom. The third kappa shape index (κ3) is 3.06. The second-order valence-corrected chi connectivity index (χ2v) is 6.43. The van der Waals surface area contributed by atoms with E-state index in [1.807, 2.05) is 0 Å². The Kier molecular flexibility index (Phi) is 4.22. The summed E-state index contributed by atoms with van der Waals surface area (Å²) in [4.78, 5) is 5.51. The summed E-state index contributed by atoms with van der Waals surface area (Å²) < 4.78 is 0. The van der Waals surface area contributed by atoms with Gasteiger partial charge in [0, 0.05) is 31.2 Å². The van der Waals surface area contributed by atoms with Gasteiger partial charge in [0.05, 0.1) is 0 Å². The van der Waals surface area contributed by atoms with Gasteiger partial charge in [-0.1, -0.05) is 6.92 Å². The van der Waals surface area contributed by atoms with Gasteiger partial charge in [0.1, 0.15) is 0 Å². The SMILES string of the molecule is CCCNC1CCN(C2CCN(C3CC3)C2)CC1. The first-order valence-corrected chi connectivity index (χ1v) is 8.08. The highest BCUT2D eigenvalue weighted by molar-refractivity contribution is 4.94. The summed E-state index contributed by atoms with van der Waals surface area (Å²) >= 11 is 0. The molecule has 0 radical (unpaired) electrons. The lowest BCUT2D eigenvalue weighted by atomic mass is 10.0. The van der Waals surface area contributed by atoms with Crippen LogP contribution in [0, 0.1) is 0 Å². The molecule has 0 bridgehead atoms. The second-order valence-electron chi connectivity index (χ2n) is 6.43. The minimum absolute atomic E-state index is 0.794. The van der Waals surface area contributed by atoms with Crippen molar-refractivity contribution in [3.8, 4) is 0 Å². The molecule has 3 aliphatic rings. The number of piperidine rings is 1. The maximum absolute atomic E-state index is 3.68. The van der Waals surface area contributed by atoms with E-state index in [4.69, 9.17) is 0 Å². The molecule has 1 atom stereocenters. The highest BCUT2D eigenvalue weighted by Crippen LogP contribution is 2.31. The molecule has 2 aliphatic heterocycles. The summed E-state index contributed by atoms with van der Waals surface area (Å²) in [5.74, 6) is 0. The highest BCUT2D eigenvalue weighted by Gasteiger charge is 2.37. The molecule has 0 aromatic carbocycles. The molecule has 1 aliphatic carbocycles. The molecule has 3 nitrogen and oxygen atoms in total. The first-order valence-electron chi connectivity index (χ1n) is 8.08. The first-order chi connectivity index (χ1) is 8.86. The standard InChI is InChI=1S/C15H29N3/c1-2-8-16-13-5-9-17(10-6-13)15-7-11-18(12-15)14-3-4-14/h13-16H,2-12H2,1H3. The monoisotopic (exact) mass is 251 g/mol. The van der Waals surface area contributed by atoms with Crippen LogP contribution >= 0.6 is 0 Å². The number of nitrogens with zero attached hydrogens (tertiary/aromatic N) is 2. The highest BCUT2D eigenvalue weighted by atomic mass is 15.3. The van der Waals surface area contributed by atoms with Crippen LogP contribution in [-0.2, 0) is 0 Å². The van der Waals surface area contributed by atoms with Gasteiger partial charge in [-0.05, 0) is 58.2 Å². The minimum Gasteiger partial charge on any atom is -0.314 e. The van der Waals surface area contributed by atoms with Gasteiger partial charge in [-0.2, -0.15) is 0 Å². The number of likely N-dealkylation sites (tertiary alicyclic amines) is 2. The van der Waals surface area contributed by atoms with Gasteiger partial charge in [-0.25, -0.2) is 0 Å². The maximum atomic E-state index is 3.68. The Labute approximate surface area is 112 Å². The Morgan fingerprint density at radius 1 is 0.889 bits per heavy atom. The van der Waals surface area contributed by atoms with Gasteiger partial charge in [-0.15, -0.1) is 0 Å². The molecule has 104 valence electrons. The van der Waals surface area contributed by atoms with E-state index in [1.54, 1.807) is 0 Å². The van der Waals surface area contributed by atoms with Crippen molar-refractivity contribution in [2.24, 2.45) is 0 Å². The Balaban J connectivity index is 1.39. The summed E-state index contributed by atoms with van der Waals surface area (Å²) in [6.45, 7) is 8.83. The molecular formula is C15H29N3. The van der Waals surface area contributed by atoms with Gasteiger partial charge in [-0.3, -0.25) is 9.80 Å². The zero-order chi connectivity index (χ0) is 12.4. The van der Waals surface area contributed by atoms with Gasteiger partial charge < -0.3 is 5.32 Å². The summed E-state index contributed by atoms with van der Waals surface area (Å²) in [5, 5.41) is 3.68. The third-order valence-electron chi connectivity index (χ3n) is 4.99. The lowest BCUT2D eigenvalue weighted by molar-refractivity contribution is 0.142. The summed E-state index contributed by atoms with van der Waals surface area (Å²) in [7, 11) is 0. The third-order valence-corrected chi connectivity index (χ3v) is 4.99. The average molecular weight is 251 g/mol. The molecule has 0 amide bonds. The van der Waals surface area contributed by atoms with Crippen LogP contribution in [0.5, 0.6) is 0 Å². The molecule has 0 aromatic heterocycles. The molecule has 2 heterocycles. The van der Waals surface area contributed by atoms with E-state index < -0.39 is 0 Å². The van der Waals surface area contributed by atoms with Gasteiger partial charge in [0.2, 0.25) is 0 Å². The Bertz CT molecular complexity index is 256. The molecule has 3 rings (SSSR count). The van der Waals surface area contributed by atoms with Crippen LogP contribution in [0.4, 0.5) is 0 Å². The van der Waals surface area contributed by atoms with Crippen LogP contribution in [0.25, 0.3) is 0 Å². The van der Waals surface area contributed by atoms with Crippen LogP contribution in [0.2, 0.25) is 0 Å². The predicted molar refractivity (Wildman–Crippen MR) is 75.9 cm³/mol. The van der Waals surface area contributed by atoms with Crippen LogP contribution in [0.3, 0.4) is 0 Å². The van der Waals surface area contributed by atoms with E-state index in [0.717, 1.165) is 18.1 Å². The van der Waals surface area contributed by atoms with E-state index in [9.17, 15) is 0 Å². The minimum atomic E-state index is 0.794. The quantitative estimate of drug-likeness (QED) is 0.802. The van der Waals surface area contributed by atoms with Crippen molar-refractivity contribution in [2.45, 2.75) is 63.6 Å². The Morgan fingerprint density at radius 3 is 2.28 bits per heavy atom. The largest absolute Gasteiger partial charge is 0.314 e. The van der Waals surface area contributed by atoms with Crippen molar-refractivity contribution in [1.82, 2.24) is 15.1 Å². The van der Waals surface area contributed by atoms with E-state index in [2.05, 4.69) is 22.0 Å². The van der Waals surface area contributed by atoms with Crippen molar-refractivity contribution >= 4 is 0 Å². The molecule has 3 heteroatoms. The van der Waals surface area contributed by atoms with Crippen LogP contribution in [0.1, 0.15) is 45.4 Å². The van der Waals surface area contributed by atoms with Crippen molar-refractivity contribution in [2.75, 3.05) is 32.7 Å². The van der Waals surface area contributed by atoms with E-state index in [1.165, 1.54) is 71.2 Å². The average Bonchev–Trinajstić information content (AvgIpc) is 3.15. The first kappa shape index (κ1) is 12.9. The number of hydrogen-bond donors (Lipinski definition) is 1. The second kappa shape index (κ2) is 5.89. The van der Waals surface area contributed by atoms with Crippen LogP contribution < -0.4 is 5.32 Å². The van der Waals surface area contributed by atoms with Crippen molar-refractivity contribution in [3.05, 3.63) is 0 Å². The zero-order valence-electron chi connectivity index (χ0n) is 11.9. The molecule has 1 unspecified atom stereocenters. The zero-order valence-corrected chi connectivity index (χ0v) is 11.9. The maximum Gasteiger partial charge on any atom is 0.0235 e. The molecular weight excluding hydrogens is 222 g/mol. The lowest BCUT2D eigenvalue weighted by Crippen LogP contribution is -2.47. The number of rotatable bonds is 5. The summed E-state index contributed by atoms with van der Waals surface area (Å²) in [6.07, 6.45) is 8.34. The normalized spacial score (nSPS) is 32.2. The number of nitrogens with one attached hydrogen (secondary N) is 1. The van der Waals surface area contributed by atoms with Gasteiger partial charge in [0.25, 0.3) is 0 Å². The fourth-order valence-corrected chi connectivity index (χ4v) is 3.65. The van der Waals surface area contributed by atoms with Crippen molar-refractivity contribution in [3.63, 3.8) is 0 Å². The molecule has 18 heavy (non-hydrogen) atoms. The van der Waals surface area contributed by atoms with Crippen LogP contribution in [-0.4, -0.2) is 60.6 Å². The molecule has 0 spiro atoms.